The van der Waals surface area contributed by atoms with Crippen LogP contribution in [-0.4, -0.2) is 34.7 Å². The monoisotopic (exact) mass is 438 g/mol. The summed E-state index contributed by atoms with van der Waals surface area (Å²) in [6.45, 7) is 3.43. The van der Waals surface area contributed by atoms with Crippen molar-refractivity contribution in [3.8, 4) is 0 Å². The average molecular weight is 439 g/mol. The highest BCUT2D eigenvalue weighted by atomic mass is 16.5. The molecule has 31 heavy (non-hydrogen) atoms. The molecule has 178 valence electrons. The molecule has 0 aliphatic carbocycles. The van der Waals surface area contributed by atoms with Gasteiger partial charge >= 0.3 is 11.9 Å². The van der Waals surface area contributed by atoms with Gasteiger partial charge in [-0.05, 0) is 13.3 Å². The quantitative estimate of drug-likeness (QED) is 0.103. The molecule has 6 nitrogen and oxygen atoms in total. The third-order valence-corrected chi connectivity index (χ3v) is 5.28. The molecule has 0 rings (SSSR count). The number of ether oxygens (including phenoxy) is 1. The van der Waals surface area contributed by atoms with Gasteiger partial charge in [0.15, 0.2) is 11.6 Å². The number of esters is 1. The number of ketones is 2. The first-order chi connectivity index (χ1) is 14.9. The lowest BCUT2D eigenvalue weighted by molar-refractivity contribution is -0.156. The largest absolute Gasteiger partial charge is 0.478 e. The highest BCUT2D eigenvalue weighted by Gasteiger charge is 2.26. The van der Waals surface area contributed by atoms with Gasteiger partial charge in [0.2, 0.25) is 6.10 Å². The molecule has 0 spiro atoms. The second-order valence-corrected chi connectivity index (χ2v) is 8.27. The van der Waals surface area contributed by atoms with Crippen molar-refractivity contribution in [3.63, 3.8) is 0 Å². The molecule has 0 bridgehead atoms. The van der Waals surface area contributed by atoms with Gasteiger partial charge < -0.3 is 9.84 Å². The standard InChI is InChI=1S/C25H42O6/c1-3-4-5-6-7-8-9-10-11-12-13-14-15-16-17-18-22(27)25(21(2)26)31-24(30)20-19-23(28)29/h19-20,25H,3-18H2,1-2H3,(H,28,29). The number of aliphatic carboxylic acids is 1. The van der Waals surface area contributed by atoms with E-state index in [1.807, 2.05) is 0 Å². The summed E-state index contributed by atoms with van der Waals surface area (Å²) in [4.78, 5) is 45.6. The topological polar surface area (TPSA) is 97.7 Å². The molecule has 0 saturated heterocycles. The molecule has 0 aliphatic heterocycles. The highest BCUT2D eigenvalue weighted by Crippen LogP contribution is 2.14. The van der Waals surface area contributed by atoms with Gasteiger partial charge in [-0.25, -0.2) is 9.59 Å². The Balaban J connectivity index is 3.71. The van der Waals surface area contributed by atoms with Crippen molar-refractivity contribution in [2.45, 2.75) is 123 Å². The van der Waals surface area contributed by atoms with Gasteiger partial charge in [-0.1, -0.05) is 96.8 Å². The normalized spacial score (nSPS) is 12.1. The summed E-state index contributed by atoms with van der Waals surface area (Å²) < 4.78 is 4.81. The highest BCUT2D eigenvalue weighted by molar-refractivity contribution is 6.06. The molecule has 0 aliphatic rings. The van der Waals surface area contributed by atoms with Crippen molar-refractivity contribution >= 4 is 23.5 Å². The molecule has 6 heteroatoms. The predicted molar refractivity (Wildman–Crippen MR) is 122 cm³/mol. The SMILES string of the molecule is CCCCCCCCCCCCCCCCCC(=O)C(OC(=O)C=CC(=O)O)C(C)=O. The molecule has 0 fully saturated rings. The first-order valence-electron chi connectivity index (χ1n) is 12.0. The third-order valence-electron chi connectivity index (χ3n) is 5.28. The lowest BCUT2D eigenvalue weighted by atomic mass is 10.0. The fraction of sp³-hybridized carbons (Fsp3) is 0.760. The average Bonchev–Trinajstić information content (AvgIpc) is 2.72. The summed E-state index contributed by atoms with van der Waals surface area (Å²) >= 11 is 0. The first-order valence-corrected chi connectivity index (χ1v) is 12.0. The summed E-state index contributed by atoms with van der Waals surface area (Å²) in [7, 11) is 0. The van der Waals surface area contributed by atoms with Crippen molar-refractivity contribution in [1.82, 2.24) is 0 Å². The van der Waals surface area contributed by atoms with Crippen LogP contribution in [0, 0.1) is 0 Å². The van der Waals surface area contributed by atoms with Crippen LogP contribution in [0.25, 0.3) is 0 Å². The molecule has 1 N–H and O–H groups in total. The van der Waals surface area contributed by atoms with E-state index in [1.165, 1.54) is 77.6 Å². The molecule has 0 aromatic rings. The molecule has 1 unspecified atom stereocenters. The second kappa shape index (κ2) is 20.0. The van der Waals surface area contributed by atoms with Crippen LogP contribution in [0.3, 0.4) is 0 Å². The van der Waals surface area contributed by atoms with Gasteiger partial charge in [0.05, 0.1) is 0 Å². The number of Topliss-reactive ketones (excluding diaryl/α,β-unsaturated/α-hetero) is 2. The Hall–Kier alpha value is -1.98. The Bertz CT molecular complexity index is 552. The molecule has 0 heterocycles. The number of carbonyl (C=O) groups is 4. The Kier molecular flexibility index (Phi) is 18.7. The number of hydrogen-bond acceptors (Lipinski definition) is 5. The van der Waals surface area contributed by atoms with Crippen LogP contribution in [0.4, 0.5) is 0 Å². The van der Waals surface area contributed by atoms with Crippen LogP contribution in [0.15, 0.2) is 12.2 Å². The van der Waals surface area contributed by atoms with Gasteiger partial charge in [0.25, 0.3) is 0 Å². The van der Waals surface area contributed by atoms with E-state index in [9.17, 15) is 19.2 Å². The van der Waals surface area contributed by atoms with E-state index in [0.717, 1.165) is 19.3 Å². The molecule has 1 atom stereocenters. The molecular formula is C25H42O6. The van der Waals surface area contributed by atoms with Crippen molar-refractivity contribution in [2.75, 3.05) is 0 Å². The van der Waals surface area contributed by atoms with Crippen molar-refractivity contribution in [1.29, 1.82) is 0 Å². The van der Waals surface area contributed by atoms with Crippen LogP contribution < -0.4 is 0 Å². The van der Waals surface area contributed by atoms with Crippen LogP contribution in [-0.2, 0) is 23.9 Å². The van der Waals surface area contributed by atoms with E-state index in [4.69, 9.17) is 9.84 Å². The van der Waals surface area contributed by atoms with Crippen LogP contribution in [0.2, 0.25) is 0 Å². The van der Waals surface area contributed by atoms with E-state index in [-0.39, 0.29) is 6.42 Å². The Morgan fingerprint density at radius 1 is 0.710 bits per heavy atom. The lowest BCUT2D eigenvalue weighted by Crippen LogP contribution is -2.33. The van der Waals surface area contributed by atoms with Crippen molar-refractivity contribution in [2.24, 2.45) is 0 Å². The zero-order chi connectivity index (χ0) is 23.3. The molecule has 0 saturated carbocycles. The second-order valence-electron chi connectivity index (χ2n) is 8.27. The van der Waals surface area contributed by atoms with Gasteiger partial charge in [0, 0.05) is 18.6 Å². The van der Waals surface area contributed by atoms with E-state index >= 15 is 0 Å². The number of carbonyl (C=O) groups excluding carboxylic acids is 3. The van der Waals surface area contributed by atoms with Crippen LogP contribution in [0.5, 0.6) is 0 Å². The minimum atomic E-state index is -1.45. The Morgan fingerprint density at radius 3 is 1.52 bits per heavy atom. The third kappa shape index (κ3) is 18.5. The number of carboxylic acid groups (broad SMARTS) is 1. The fourth-order valence-electron chi connectivity index (χ4n) is 3.47. The number of unbranched alkanes of at least 4 members (excludes halogenated alkanes) is 14. The van der Waals surface area contributed by atoms with Crippen molar-refractivity contribution in [3.05, 3.63) is 12.2 Å². The Labute approximate surface area is 187 Å². The lowest BCUT2D eigenvalue weighted by Gasteiger charge is -2.12. The number of hydrogen-bond donors (Lipinski definition) is 1. The van der Waals surface area contributed by atoms with Gasteiger partial charge in [0.1, 0.15) is 0 Å². The zero-order valence-corrected chi connectivity index (χ0v) is 19.5. The first kappa shape index (κ1) is 29.0. The zero-order valence-electron chi connectivity index (χ0n) is 19.5. The Morgan fingerprint density at radius 2 is 1.13 bits per heavy atom. The number of carboxylic acids is 1. The summed E-state index contributed by atoms with van der Waals surface area (Å²) in [5, 5.41) is 8.49. The predicted octanol–water partition coefficient (Wildman–Crippen LogP) is 5.96. The fourth-order valence-corrected chi connectivity index (χ4v) is 3.47. The van der Waals surface area contributed by atoms with E-state index in [0.29, 0.717) is 18.6 Å². The van der Waals surface area contributed by atoms with E-state index < -0.39 is 29.6 Å². The molecule has 0 aromatic heterocycles. The minimum absolute atomic E-state index is 0.179. The maximum Gasteiger partial charge on any atom is 0.332 e. The summed E-state index contributed by atoms with van der Waals surface area (Å²) in [6, 6.07) is 0. The van der Waals surface area contributed by atoms with Gasteiger partial charge in [-0.3, -0.25) is 9.59 Å². The molecule has 0 amide bonds. The van der Waals surface area contributed by atoms with Gasteiger partial charge in [-0.15, -0.1) is 0 Å². The van der Waals surface area contributed by atoms with E-state index in [1.54, 1.807) is 0 Å². The summed E-state index contributed by atoms with van der Waals surface area (Å²) in [5.41, 5.74) is 0. The minimum Gasteiger partial charge on any atom is -0.478 e. The van der Waals surface area contributed by atoms with Crippen LogP contribution >= 0.6 is 0 Å². The van der Waals surface area contributed by atoms with Crippen LogP contribution in [0.1, 0.15) is 117 Å². The van der Waals surface area contributed by atoms with Gasteiger partial charge in [-0.2, -0.15) is 0 Å². The summed E-state index contributed by atoms with van der Waals surface area (Å²) in [6.07, 6.45) is 18.4. The number of rotatable bonds is 21. The maximum absolute atomic E-state index is 12.2. The molecule has 0 aromatic carbocycles. The maximum atomic E-state index is 12.2. The molecular weight excluding hydrogens is 396 g/mol. The smallest absolute Gasteiger partial charge is 0.332 e. The van der Waals surface area contributed by atoms with Crippen molar-refractivity contribution < 1.29 is 29.0 Å². The van der Waals surface area contributed by atoms with E-state index in [2.05, 4.69) is 6.92 Å². The summed E-state index contributed by atoms with van der Waals surface area (Å²) in [5.74, 6) is -3.30. The molecule has 0 radical (unpaired) electrons.